The van der Waals surface area contributed by atoms with Crippen molar-refractivity contribution in [1.29, 1.82) is 0 Å². The van der Waals surface area contributed by atoms with Gasteiger partial charge in [-0.3, -0.25) is 13.7 Å². The van der Waals surface area contributed by atoms with Gasteiger partial charge in [0.1, 0.15) is 6.04 Å². The molecule has 0 amide bonds. The molecule has 1 rings (SSSR count). The van der Waals surface area contributed by atoms with Crippen LogP contribution in [0.4, 0.5) is 5.69 Å². The Morgan fingerprint density at radius 2 is 1.50 bits per heavy atom. The molecule has 0 saturated carbocycles. The van der Waals surface area contributed by atoms with Gasteiger partial charge in [-0.2, -0.15) is 0 Å². The van der Waals surface area contributed by atoms with Gasteiger partial charge in [-0.25, -0.2) is 9.36 Å². The van der Waals surface area contributed by atoms with Crippen molar-refractivity contribution < 1.29 is 23.5 Å². The van der Waals surface area contributed by atoms with Crippen molar-refractivity contribution >= 4 is 19.4 Å². The molecule has 1 aromatic carbocycles. The van der Waals surface area contributed by atoms with Gasteiger partial charge in [0.2, 0.25) is 0 Å². The monoisotopic (exact) mass is 329 g/mol. The molecular weight excluding hydrogens is 305 g/mol. The molecule has 124 valence electrons. The van der Waals surface area contributed by atoms with E-state index in [0.29, 0.717) is 5.69 Å². The maximum Gasteiger partial charge on any atom is 0.436 e. The van der Waals surface area contributed by atoms with Crippen LogP contribution in [0.1, 0.15) is 34.6 Å². The molecule has 0 saturated heterocycles. The average molecular weight is 329 g/mol. The number of carboxylic acid groups (broad SMARTS) is 1. The highest BCUT2D eigenvalue weighted by molar-refractivity contribution is 7.55. The predicted molar refractivity (Wildman–Crippen MR) is 86.1 cm³/mol. The van der Waals surface area contributed by atoms with Gasteiger partial charge in [0.25, 0.3) is 0 Å². The molecule has 0 radical (unpaired) electrons. The molecule has 0 aliphatic rings. The summed E-state index contributed by atoms with van der Waals surface area (Å²) >= 11 is 0. The Bertz CT molecular complexity index is 518. The fourth-order valence-electron chi connectivity index (χ4n) is 1.92. The molecule has 0 fully saturated rings. The smallest absolute Gasteiger partial charge is 0.436 e. The van der Waals surface area contributed by atoms with Crippen LogP contribution in [0.2, 0.25) is 0 Å². The zero-order valence-electron chi connectivity index (χ0n) is 13.6. The summed E-state index contributed by atoms with van der Waals surface area (Å²) in [6.07, 6.45) is -0.756. The SMILES string of the molecule is CC(C)OP(=O)(OC(C)C)N(c1ccccc1)[C@@H](C)C(=O)O. The summed E-state index contributed by atoms with van der Waals surface area (Å²) in [6, 6.07) is 7.58. The van der Waals surface area contributed by atoms with E-state index in [0.717, 1.165) is 0 Å². The summed E-state index contributed by atoms with van der Waals surface area (Å²) in [5.41, 5.74) is 0.474. The highest BCUT2D eigenvalue weighted by atomic mass is 31.2. The van der Waals surface area contributed by atoms with Gasteiger partial charge in [0, 0.05) is 5.69 Å². The number of rotatable bonds is 8. The first-order chi connectivity index (χ1) is 10.2. The van der Waals surface area contributed by atoms with Crippen LogP contribution in [0.3, 0.4) is 0 Å². The molecule has 0 spiro atoms. The summed E-state index contributed by atoms with van der Waals surface area (Å²) in [4.78, 5) is 11.5. The average Bonchev–Trinajstić information content (AvgIpc) is 2.37. The molecule has 7 heteroatoms. The van der Waals surface area contributed by atoms with E-state index in [2.05, 4.69) is 0 Å². The Kier molecular flexibility index (Phi) is 6.60. The third-order valence-corrected chi connectivity index (χ3v) is 5.18. The van der Waals surface area contributed by atoms with Crippen LogP contribution in [0.5, 0.6) is 0 Å². The van der Waals surface area contributed by atoms with Crippen LogP contribution in [0, 0.1) is 0 Å². The number of carboxylic acids is 1. The van der Waals surface area contributed by atoms with Crippen LogP contribution in [-0.2, 0) is 18.4 Å². The first-order valence-corrected chi connectivity index (χ1v) is 8.71. The lowest BCUT2D eigenvalue weighted by Crippen LogP contribution is -2.38. The molecule has 0 aliphatic heterocycles. The van der Waals surface area contributed by atoms with Crippen molar-refractivity contribution in [3.63, 3.8) is 0 Å². The lowest BCUT2D eigenvalue weighted by Gasteiger charge is -2.36. The summed E-state index contributed by atoms with van der Waals surface area (Å²) < 4.78 is 25.6. The molecular formula is C15H24NO5P. The number of nitrogens with zero attached hydrogens (tertiary/aromatic N) is 1. The number of anilines is 1. The molecule has 6 nitrogen and oxygen atoms in total. The zero-order chi connectivity index (χ0) is 16.9. The second-order valence-electron chi connectivity index (χ2n) is 5.47. The summed E-state index contributed by atoms with van der Waals surface area (Å²) in [5.74, 6) is -1.11. The van der Waals surface area contributed by atoms with E-state index in [1.165, 1.54) is 11.6 Å². The van der Waals surface area contributed by atoms with Crippen molar-refractivity contribution in [3.8, 4) is 0 Å². The molecule has 0 heterocycles. The van der Waals surface area contributed by atoms with Gasteiger partial charge >= 0.3 is 13.7 Å². The van der Waals surface area contributed by atoms with Crippen LogP contribution >= 0.6 is 7.75 Å². The number of carbonyl (C=O) groups is 1. The molecule has 22 heavy (non-hydrogen) atoms. The fourth-order valence-corrected chi connectivity index (χ4v) is 4.18. The van der Waals surface area contributed by atoms with Gasteiger partial charge in [-0.05, 0) is 46.8 Å². The molecule has 1 aromatic rings. The number of hydrogen-bond acceptors (Lipinski definition) is 4. The Morgan fingerprint density at radius 1 is 1.05 bits per heavy atom. The molecule has 0 bridgehead atoms. The van der Waals surface area contributed by atoms with E-state index in [9.17, 15) is 14.5 Å². The third-order valence-electron chi connectivity index (χ3n) is 2.70. The Morgan fingerprint density at radius 3 is 1.86 bits per heavy atom. The van der Waals surface area contributed by atoms with E-state index in [1.807, 2.05) is 0 Å². The maximum atomic E-state index is 13.3. The quantitative estimate of drug-likeness (QED) is 0.728. The number of benzene rings is 1. The van der Waals surface area contributed by atoms with Gasteiger partial charge in [-0.1, -0.05) is 18.2 Å². The maximum absolute atomic E-state index is 13.3. The Hall–Kier alpha value is -1.36. The molecule has 0 aliphatic carbocycles. The molecule has 0 unspecified atom stereocenters. The summed E-state index contributed by atoms with van der Waals surface area (Å²) in [7, 11) is -3.82. The van der Waals surface area contributed by atoms with E-state index in [4.69, 9.17) is 9.05 Å². The molecule has 1 N–H and O–H groups in total. The largest absolute Gasteiger partial charge is 0.480 e. The van der Waals surface area contributed by atoms with Crippen molar-refractivity contribution in [2.45, 2.75) is 52.9 Å². The van der Waals surface area contributed by atoms with E-state index in [-0.39, 0.29) is 12.2 Å². The minimum atomic E-state index is -3.82. The minimum absolute atomic E-state index is 0.378. The number of hydrogen-bond donors (Lipinski definition) is 1. The van der Waals surface area contributed by atoms with Crippen LogP contribution in [0.25, 0.3) is 0 Å². The van der Waals surface area contributed by atoms with Crippen molar-refractivity contribution in [2.24, 2.45) is 0 Å². The van der Waals surface area contributed by atoms with E-state index in [1.54, 1.807) is 58.0 Å². The zero-order valence-corrected chi connectivity index (χ0v) is 14.5. The van der Waals surface area contributed by atoms with Gasteiger partial charge in [0.15, 0.2) is 0 Å². The Labute approximate surface area is 131 Å². The molecule has 1 atom stereocenters. The highest BCUT2D eigenvalue weighted by Crippen LogP contribution is 2.57. The first-order valence-electron chi connectivity index (χ1n) is 7.21. The van der Waals surface area contributed by atoms with Crippen molar-refractivity contribution in [3.05, 3.63) is 30.3 Å². The van der Waals surface area contributed by atoms with Crippen molar-refractivity contribution in [1.82, 2.24) is 0 Å². The van der Waals surface area contributed by atoms with Gasteiger partial charge < -0.3 is 5.11 Å². The topological polar surface area (TPSA) is 76.1 Å². The van der Waals surface area contributed by atoms with Crippen LogP contribution < -0.4 is 4.67 Å². The normalized spacial score (nSPS) is 13.4. The number of aliphatic carboxylic acids is 1. The lowest BCUT2D eigenvalue weighted by atomic mass is 10.2. The standard InChI is InChI=1S/C15H24NO5P/c1-11(2)20-22(19,21-12(3)4)16(13(5)15(17)18)14-9-7-6-8-10-14/h6-13H,1-5H3,(H,17,18)/t13-/m0/s1. The second-order valence-corrected chi connectivity index (χ2v) is 7.26. The second kappa shape index (κ2) is 7.77. The summed E-state index contributed by atoms with van der Waals surface area (Å²) in [6.45, 7) is 8.36. The first kappa shape index (κ1) is 18.7. The van der Waals surface area contributed by atoms with Crippen LogP contribution in [0.15, 0.2) is 30.3 Å². The van der Waals surface area contributed by atoms with E-state index >= 15 is 0 Å². The fraction of sp³-hybridized carbons (Fsp3) is 0.533. The predicted octanol–water partition coefficient (Wildman–Crippen LogP) is 3.92. The minimum Gasteiger partial charge on any atom is -0.480 e. The lowest BCUT2D eigenvalue weighted by molar-refractivity contribution is -0.138. The van der Waals surface area contributed by atoms with Gasteiger partial charge in [-0.15, -0.1) is 0 Å². The third kappa shape index (κ3) is 4.83. The van der Waals surface area contributed by atoms with E-state index < -0.39 is 19.8 Å². The van der Waals surface area contributed by atoms with Crippen LogP contribution in [-0.4, -0.2) is 29.3 Å². The highest BCUT2D eigenvalue weighted by Gasteiger charge is 2.41. The number of para-hydroxylation sites is 1. The summed E-state index contributed by atoms with van der Waals surface area (Å²) in [5, 5.41) is 9.37. The van der Waals surface area contributed by atoms with Crippen molar-refractivity contribution in [2.75, 3.05) is 4.67 Å². The van der Waals surface area contributed by atoms with Gasteiger partial charge in [0.05, 0.1) is 12.2 Å². The molecule has 0 aromatic heterocycles. The Balaban J connectivity index is 3.37.